The Morgan fingerprint density at radius 1 is 1.34 bits per heavy atom. The smallest absolute Gasteiger partial charge is 0.414 e. The normalized spacial score (nSPS) is 15.5. The fraction of sp³-hybridized carbons (Fsp3) is 0.238. The van der Waals surface area contributed by atoms with Gasteiger partial charge in [-0.1, -0.05) is 11.6 Å². The molecule has 1 saturated heterocycles. The first-order valence-electron chi connectivity index (χ1n) is 9.78. The van der Waals surface area contributed by atoms with E-state index in [0.717, 1.165) is 0 Å². The highest BCUT2D eigenvalue weighted by atomic mass is 35.5. The summed E-state index contributed by atoms with van der Waals surface area (Å²) in [4.78, 5) is 42.6. The number of nitrogens with one attached hydrogen (secondary N) is 1. The minimum atomic E-state index is -0.543. The number of amides is 2. The lowest BCUT2D eigenvalue weighted by Gasteiger charge is -2.19. The van der Waals surface area contributed by atoms with Gasteiger partial charge in [-0.05, 0) is 31.2 Å². The molecule has 1 unspecified atom stereocenters. The average molecular weight is 475 g/mol. The van der Waals surface area contributed by atoms with Crippen LogP contribution in [0.25, 0.3) is 5.69 Å². The first-order chi connectivity index (χ1) is 15.5. The Kier molecular flexibility index (Phi) is 6.42. The predicted octanol–water partition coefficient (Wildman–Crippen LogP) is 3.10. The van der Waals surface area contributed by atoms with Gasteiger partial charge in [0.25, 0.3) is 11.5 Å². The molecule has 2 aromatic heterocycles. The highest BCUT2D eigenvalue weighted by Crippen LogP contribution is 2.33. The second-order valence-electron chi connectivity index (χ2n) is 6.80. The molecule has 1 atom stereocenters. The van der Waals surface area contributed by atoms with Crippen LogP contribution in [-0.4, -0.2) is 47.4 Å². The van der Waals surface area contributed by atoms with Gasteiger partial charge in [0.05, 0.1) is 46.5 Å². The van der Waals surface area contributed by atoms with Crippen LogP contribution in [0.15, 0.2) is 53.7 Å². The van der Waals surface area contributed by atoms with Gasteiger partial charge in [0.1, 0.15) is 11.9 Å². The van der Waals surface area contributed by atoms with E-state index >= 15 is 0 Å². The van der Waals surface area contributed by atoms with Gasteiger partial charge in [-0.2, -0.15) is 0 Å². The molecular formula is C21H19ClN4O5S. The lowest BCUT2D eigenvalue weighted by molar-refractivity contribution is 0.0920. The quantitative estimate of drug-likeness (QED) is 0.564. The predicted molar refractivity (Wildman–Crippen MR) is 120 cm³/mol. The van der Waals surface area contributed by atoms with Crippen LogP contribution >= 0.6 is 22.9 Å². The molecule has 11 heteroatoms. The fourth-order valence-electron chi connectivity index (χ4n) is 3.26. The third-order valence-electron chi connectivity index (χ3n) is 4.70. The van der Waals surface area contributed by atoms with Crippen LogP contribution in [-0.2, 0) is 4.74 Å². The van der Waals surface area contributed by atoms with Crippen molar-refractivity contribution in [3.8, 4) is 11.4 Å². The van der Waals surface area contributed by atoms with Crippen LogP contribution in [0.1, 0.15) is 16.6 Å². The molecule has 1 aliphatic heterocycles. The van der Waals surface area contributed by atoms with Crippen molar-refractivity contribution < 1.29 is 19.1 Å². The number of nitrogens with zero attached hydrogens (tertiary/aromatic N) is 3. The lowest BCUT2D eigenvalue weighted by Crippen LogP contribution is -2.34. The molecule has 1 aromatic carbocycles. The molecule has 3 aromatic rings. The number of anilines is 1. The summed E-state index contributed by atoms with van der Waals surface area (Å²) in [6.45, 7) is 2.59. The molecule has 3 heterocycles. The van der Waals surface area contributed by atoms with Gasteiger partial charge in [-0.15, -0.1) is 11.3 Å². The summed E-state index contributed by atoms with van der Waals surface area (Å²) in [5.41, 5.74) is 0.809. The number of aromatic nitrogens is 2. The summed E-state index contributed by atoms with van der Waals surface area (Å²) in [5, 5.41) is 2.76. The lowest BCUT2D eigenvalue weighted by atomic mass is 10.2. The third kappa shape index (κ3) is 4.61. The van der Waals surface area contributed by atoms with Crippen LogP contribution in [0.2, 0.25) is 4.34 Å². The monoisotopic (exact) mass is 474 g/mol. The van der Waals surface area contributed by atoms with E-state index in [1.54, 1.807) is 36.5 Å². The van der Waals surface area contributed by atoms with Gasteiger partial charge in [0.15, 0.2) is 0 Å². The number of carbonyl (C=O) groups excluding carboxylic acids is 2. The number of thiophene rings is 1. The molecule has 0 saturated carbocycles. The molecule has 0 bridgehead atoms. The molecule has 0 aliphatic carbocycles. The van der Waals surface area contributed by atoms with Crippen LogP contribution in [0, 0.1) is 0 Å². The largest absolute Gasteiger partial charge is 0.492 e. The summed E-state index contributed by atoms with van der Waals surface area (Å²) >= 11 is 7.04. The van der Waals surface area contributed by atoms with Crippen molar-refractivity contribution in [3.63, 3.8) is 0 Å². The number of rotatable bonds is 7. The first-order valence-corrected chi connectivity index (χ1v) is 11.0. The molecule has 1 N–H and O–H groups in total. The number of hydrogen-bond acceptors (Lipinski definition) is 7. The van der Waals surface area contributed by atoms with Crippen LogP contribution < -0.4 is 20.5 Å². The van der Waals surface area contributed by atoms with Crippen molar-refractivity contribution in [2.75, 3.05) is 24.6 Å². The Morgan fingerprint density at radius 2 is 2.19 bits per heavy atom. The number of halogens is 1. The molecule has 32 heavy (non-hydrogen) atoms. The molecule has 9 nitrogen and oxygen atoms in total. The summed E-state index contributed by atoms with van der Waals surface area (Å²) in [7, 11) is 0. The fourth-order valence-corrected chi connectivity index (χ4v) is 4.22. The maximum absolute atomic E-state index is 12.5. The third-order valence-corrected chi connectivity index (χ3v) is 5.93. The minimum absolute atomic E-state index is 0.158. The molecule has 1 fully saturated rings. The Labute approximate surface area is 192 Å². The average Bonchev–Trinajstić information content (AvgIpc) is 3.38. The van der Waals surface area contributed by atoms with E-state index in [-0.39, 0.29) is 24.6 Å². The number of cyclic esters (lactones) is 1. The van der Waals surface area contributed by atoms with Gasteiger partial charge < -0.3 is 14.8 Å². The summed E-state index contributed by atoms with van der Waals surface area (Å²) in [5.74, 6) is 0.155. The summed E-state index contributed by atoms with van der Waals surface area (Å²) in [6.07, 6.45) is 3.21. The Morgan fingerprint density at radius 3 is 2.91 bits per heavy atom. The van der Waals surface area contributed by atoms with E-state index in [1.807, 2.05) is 6.92 Å². The van der Waals surface area contributed by atoms with Gasteiger partial charge in [0.2, 0.25) is 0 Å². The summed E-state index contributed by atoms with van der Waals surface area (Å²) in [6, 6.07) is 8.38. The molecule has 1 aliphatic rings. The van der Waals surface area contributed by atoms with Crippen molar-refractivity contribution in [3.05, 3.63) is 68.5 Å². The van der Waals surface area contributed by atoms with E-state index in [1.165, 1.54) is 33.2 Å². The maximum Gasteiger partial charge on any atom is 0.414 e. The van der Waals surface area contributed by atoms with Crippen LogP contribution in [0.5, 0.6) is 5.75 Å². The van der Waals surface area contributed by atoms with E-state index in [0.29, 0.717) is 32.9 Å². The Hall–Kier alpha value is -3.37. The van der Waals surface area contributed by atoms with Crippen molar-refractivity contribution in [2.24, 2.45) is 0 Å². The zero-order valence-corrected chi connectivity index (χ0v) is 18.6. The van der Waals surface area contributed by atoms with Gasteiger partial charge in [-0.3, -0.25) is 24.0 Å². The number of carbonyl (C=O) groups is 2. The minimum Gasteiger partial charge on any atom is -0.492 e. The van der Waals surface area contributed by atoms with Crippen molar-refractivity contribution >= 4 is 40.6 Å². The van der Waals surface area contributed by atoms with E-state index < -0.39 is 12.2 Å². The Balaban J connectivity index is 1.50. The van der Waals surface area contributed by atoms with E-state index in [9.17, 15) is 14.4 Å². The van der Waals surface area contributed by atoms with Gasteiger partial charge >= 0.3 is 6.09 Å². The molecule has 2 amide bonds. The van der Waals surface area contributed by atoms with E-state index in [4.69, 9.17) is 21.1 Å². The van der Waals surface area contributed by atoms with Gasteiger partial charge in [-0.25, -0.2) is 4.79 Å². The molecule has 166 valence electrons. The van der Waals surface area contributed by atoms with Crippen LogP contribution in [0.4, 0.5) is 10.5 Å². The van der Waals surface area contributed by atoms with E-state index in [2.05, 4.69) is 10.3 Å². The number of hydrogen-bond donors (Lipinski definition) is 1. The zero-order valence-electron chi connectivity index (χ0n) is 17.0. The SMILES string of the molecule is CCOc1cc(-n2ccncc2=O)ccc1N1CC(CNC(=O)c2ccc(Cl)s2)OC1=O. The molecule has 0 spiro atoms. The van der Waals surface area contributed by atoms with Crippen molar-refractivity contribution in [2.45, 2.75) is 13.0 Å². The van der Waals surface area contributed by atoms with Gasteiger partial charge in [0, 0.05) is 18.5 Å². The summed E-state index contributed by atoms with van der Waals surface area (Å²) < 4.78 is 13.1. The Bertz CT molecular complexity index is 1210. The standard InChI is InChI=1S/C21H19ClN4O5S/c1-2-30-16-9-13(25-8-7-23-11-19(25)27)3-4-15(16)26-12-14(31-21(26)29)10-24-20(28)17-5-6-18(22)32-17/h3-9,11,14H,2,10,12H2,1H3,(H,24,28). The first kappa shape index (κ1) is 21.8. The maximum atomic E-state index is 12.5. The number of benzene rings is 1. The van der Waals surface area contributed by atoms with Crippen molar-refractivity contribution in [1.82, 2.24) is 14.9 Å². The van der Waals surface area contributed by atoms with Crippen molar-refractivity contribution in [1.29, 1.82) is 0 Å². The molecular weight excluding hydrogens is 456 g/mol. The zero-order chi connectivity index (χ0) is 22.7. The van der Waals surface area contributed by atoms with Crippen LogP contribution in [0.3, 0.4) is 0 Å². The molecule has 4 rings (SSSR count). The highest BCUT2D eigenvalue weighted by Gasteiger charge is 2.34. The second kappa shape index (κ2) is 9.41. The molecule has 0 radical (unpaired) electrons. The highest BCUT2D eigenvalue weighted by molar-refractivity contribution is 7.18. The topological polar surface area (TPSA) is 103 Å². The number of ether oxygens (including phenoxy) is 2. The second-order valence-corrected chi connectivity index (χ2v) is 8.51.